The highest BCUT2D eigenvalue weighted by molar-refractivity contribution is 8.00. The number of amides is 2. The molecule has 2 aromatic rings. The van der Waals surface area contributed by atoms with Crippen LogP contribution in [-0.2, 0) is 14.3 Å². The van der Waals surface area contributed by atoms with Gasteiger partial charge in [-0.05, 0) is 24.3 Å². The molecule has 8 heteroatoms. The summed E-state index contributed by atoms with van der Waals surface area (Å²) >= 11 is 1.17. The lowest BCUT2D eigenvalue weighted by Crippen LogP contribution is -2.49. The first-order valence-electron chi connectivity index (χ1n) is 9.29. The van der Waals surface area contributed by atoms with E-state index in [0.717, 1.165) is 18.8 Å². The largest absolute Gasteiger partial charge is 0.452 e. The van der Waals surface area contributed by atoms with E-state index in [1.165, 1.54) is 11.8 Å². The van der Waals surface area contributed by atoms with Crippen LogP contribution in [0.3, 0.4) is 0 Å². The summed E-state index contributed by atoms with van der Waals surface area (Å²) < 4.78 is 5.23. The lowest BCUT2D eigenvalue weighted by Gasteiger charge is -2.36. The molecule has 1 saturated heterocycles. The van der Waals surface area contributed by atoms with Crippen molar-refractivity contribution in [3.8, 4) is 0 Å². The van der Waals surface area contributed by atoms with Crippen LogP contribution in [0.4, 0.5) is 5.69 Å². The number of anilines is 1. The van der Waals surface area contributed by atoms with Gasteiger partial charge in [0.1, 0.15) is 0 Å². The second-order valence-corrected chi connectivity index (χ2v) is 7.55. The highest BCUT2D eigenvalue weighted by Gasteiger charge is 2.23. The van der Waals surface area contributed by atoms with Crippen molar-refractivity contribution in [3.63, 3.8) is 0 Å². The molecule has 0 spiro atoms. The number of hydrogen-bond donors (Lipinski definition) is 1. The summed E-state index contributed by atoms with van der Waals surface area (Å²) in [5, 5.41) is 0. The first kappa shape index (κ1) is 20.7. The van der Waals surface area contributed by atoms with Gasteiger partial charge in [-0.15, -0.1) is 11.8 Å². The maximum absolute atomic E-state index is 12.4. The van der Waals surface area contributed by atoms with Crippen molar-refractivity contribution in [1.82, 2.24) is 4.90 Å². The Morgan fingerprint density at radius 2 is 1.59 bits per heavy atom. The molecule has 2 N–H and O–H groups in total. The fraction of sp³-hybridized carbons (Fsp3) is 0.286. The van der Waals surface area contributed by atoms with E-state index >= 15 is 0 Å². The zero-order valence-corrected chi connectivity index (χ0v) is 16.8. The Balaban J connectivity index is 1.50. The van der Waals surface area contributed by atoms with Crippen LogP contribution in [0.25, 0.3) is 0 Å². The summed E-state index contributed by atoms with van der Waals surface area (Å²) in [5.41, 5.74) is 6.62. The molecule has 1 aliphatic rings. The van der Waals surface area contributed by atoms with E-state index in [2.05, 4.69) is 4.90 Å². The number of para-hydroxylation sites is 1. The van der Waals surface area contributed by atoms with Gasteiger partial charge in [0.25, 0.3) is 5.91 Å². The first-order chi connectivity index (χ1) is 14.0. The predicted molar refractivity (Wildman–Crippen MR) is 112 cm³/mol. The average Bonchev–Trinajstić information content (AvgIpc) is 2.76. The molecule has 0 aliphatic carbocycles. The molecule has 2 amide bonds. The van der Waals surface area contributed by atoms with Crippen molar-refractivity contribution < 1.29 is 19.1 Å². The molecule has 0 bridgehead atoms. The van der Waals surface area contributed by atoms with Crippen LogP contribution in [0.1, 0.15) is 10.4 Å². The van der Waals surface area contributed by atoms with E-state index in [0.29, 0.717) is 23.5 Å². The van der Waals surface area contributed by atoms with Crippen LogP contribution in [-0.4, -0.2) is 61.2 Å². The molecule has 29 heavy (non-hydrogen) atoms. The third-order valence-corrected chi connectivity index (χ3v) is 5.65. The van der Waals surface area contributed by atoms with Crippen molar-refractivity contribution in [2.24, 2.45) is 5.73 Å². The average molecular weight is 413 g/mol. The van der Waals surface area contributed by atoms with Gasteiger partial charge in [-0.2, -0.15) is 0 Å². The van der Waals surface area contributed by atoms with Crippen LogP contribution >= 0.6 is 11.8 Å². The zero-order valence-electron chi connectivity index (χ0n) is 16.0. The Bertz CT molecular complexity index is 867. The van der Waals surface area contributed by atoms with Gasteiger partial charge in [-0.25, -0.2) is 4.79 Å². The number of rotatable bonds is 7. The van der Waals surface area contributed by atoms with Crippen LogP contribution in [0.5, 0.6) is 0 Å². The second-order valence-electron chi connectivity index (χ2n) is 6.53. The summed E-state index contributed by atoms with van der Waals surface area (Å²) in [4.78, 5) is 40.4. The predicted octanol–water partition coefficient (Wildman–Crippen LogP) is 1.77. The minimum absolute atomic E-state index is 0.0644. The fourth-order valence-corrected chi connectivity index (χ4v) is 3.84. The third-order valence-electron chi connectivity index (χ3n) is 4.56. The molecule has 0 unspecified atom stereocenters. The van der Waals surface area contributed by atoms with Crippen molar-refractivity contribution in [3.05, 3.63) is 60.2 Å². The van der Waals surface area contributed by atoms with Crippen LogP contribution in [0.15, 0.2) is 59.5 Å². The Hall–Kier alpha value is -3.00. The number of thioether (sulfide) groups is 1. The van der Waals surface area contributed by atoms with Crippen LogP contribution in [0, 0.1) is 0 Å². The van der Waals surface area contributed by atoms with Crippen molar-refractivity contribution in [2.45, 2.75) is 4.90 Å². The van der Waals surface area contributed by atoms with Crippen molar-refractivity contribution >= 4 is 35.2 Å². The molecule has 0 atom stereocenters. The van der Waals surface area contributed by atoms with E-state index in [1.807, 2.05) is 30.3 Å². The van der Waals surface area contributed by atoms with Gasteiger partial charge in [0.05, 0.1) is 11.3 Å². The minimum Gasteiger partial charge on any atom is -0.452 e. The van der Waals surface area contributed by atoms with E-state index < -0.39 is 11.9 Å². The number of primary amides is 1. The number of carbonyl (C=O) groups excluding carboxylic acids is 3. The van der Waals surface area contributed by atoms with E-state index in [-0.39, 0.29) is 18.3 Å². The molecule has 0 aromatic heterocycles. The quantitative estimate of drug-likeness (QED) is 0.549. The number of carbonyl (C=O) groups is 3. The maximum atomic E-state index is 12.4. The van der Waals surface area contributed by atoms with Gasteiger partial charge in [-0.1, -0.05) is 30.3 Å². The number of nitrogens with two attached hydrogens (primary N) is 1. The van der Waals surface area contributed by atoms with E-state index in [4.69, 9.17) is 10.5 Å². The molecule has 1 heterocycles. The molecule has 0 radical (unpaired) electrons. The normalized spacial score (nSPS) is 13.8. The molecule has 1 fully saturated rings. The lowest BCUT2D eigenvalue weighted by atomic mass is 10.2. The second kappa shape index (κ2) is 9.97. The van der Waals surface area contributed by atoms with E-state index in [1.54, 1.807) is 29.2 Å². The summed E-state index contributed by atoms with van der Waals surface area (Å²) in [6.45, 7) is 2.32. The standard InChI is InChI=1S/C21H23N3O4S/c22-19(25)15-29-18-9-5-4-8-17(18)21(27)28-14-20(26)24-12-10-23(11-13-24)16-6-2-1-3-7-16/h1-9H,10-15H2,(H2,22,25). The molecule has 7 nitrogen and oxygen atoms in total. The van der Waals surface area contributed by atoms with E-state index in [9.17, 15) is 14.4 Å². The number of ether oxygens (including phenoxy) is 1. The maximum Gasteiger partial charge on any atom is 0.339 e. The SMILES string of the molecule is NC(=O)CSc1ccccc1C(=O)OCC(=O)N1CCN(c2ccccc2)CC1. The number of nitrogens with zero attached hydrogens (tertiary/aromatic N) is 2. The van der Waals surface area contributed by atoms with Gasteiger partial charge in [0, 0.05) is 36.8 Å². The van der Waals surface area contributed by atoms with Gasteiger partial charge in [0.2, 0.25) is 5.91 Å². The molecule has 3 rings (SSSR count). The van der Waals surface area contributed by atoms with Crippen molar-refractivity contribution in [2.75, 3.05) is 43.4 Å². The van der Waals surface area contributed by atoms with Gasteiger partial charge >= 0.3 is 5.97 Å². The number of piperazine rings is 1. The van der Waals surface area contributed by atoms with Gasteiger partial charge in [-0.3, -0.25) is 9.59 Å². The van der Waals surface area contributed by atoms with Gasteiger partial charge in [0.15, 0.2) is 6.61 Å². The third kappa shape index (κ3) is 5.74. The Labute approximate surface area is 173 Å². The molecule has 2 aromatic carbocycles. The summed E-state index contributed by atoms with van der Waals surface area (Å²) in [6, 6.07) is 16.8. The number of hydrogen-bond acceptors (Lipinski definition) is 6. The smallest absolute Gasteiger partial charge is 0.339 e. The monoisotopic (exact) mass is 413 g/mol. The Morgan fingerprint density at radius 1 is 0.931 bits per heavy atom. The molecular formula is C21H23N3O4S. The van der Waals surface area contributed by atoms with Crippen LogP contribution < -0.4 is 10.6 Å². The molecule has 152 valence electrons. The summed E-state index contributed by atoms with van der Waals surface area (Å²) in [5.74, 6) is -1.21. The topological polar surface area (TPSA) is 92.9 Å². The van der Waals surface area contributed by atoms with Gasteiger partial charge < -0.3 is 20.3 Å². The highest BCUT2D eigenvalue weighted by Crippen LogP contribution is 2.23. The lowest BCUT2D eigenvalue weighted by molar-refractivity contribution is -0.134. The molecule has 0 saturated carbocycles. The first-order valence-corrected chi connectivity index (χ1v) is 10.3. The highest BCUT2D eigenvalue weighted by atomic mass is 32.2. The Kier molecular flexibility index (Phi) is 7.13. The van der Waals surface area contributed by atoms with Crippen LogP contribution in [0.2, 0.25) is 0 Å². The summed E-state index contributed by atoms with van der Waals surface area (Å²) in [7, 11) is 0. The number of esters is 1. The zero-order chi connectivity index (χ0) is 20.6. The van der Waals surface area contributed by atoms with Crippen molar-refractivity contribution in [1.29, 1.82) is 0 Å². The Morgan fingerprint density at radius 3 is 2.28 bits per heavy atom. The molecular weight excluding hydrogens is 390 g/mol. The minimum atomic E-state index is -0.589. The summed E-state index contributed by atoms with van der Waals surface area (Å²) in [6.07, 6.45) is 0. The fourth-order valence-electron chi connectivity index (χ4n) is 3.06. The number of benzene rings is 2. The molecule has 1 aliphatic heterocycles.